The largest absolute Gasteiger partial charge is 0.466 e. The maximum atomic E-state index is 11.5. The fourth-order valence-corrected chi connectivity index (χ4v) is 2.45. The van der Waals surface area contributed by atoms with E-state index in [1.54, 1.807) is 6.92 Å². The minimum Gasteiger partial charge on any atom is -0.466 e. The zero-order valence-corrected chi connectivity index (χ0v) is 10.3. The summed E-state index contributed by atoms with van der Waals surface area (Å²) in [5.41, 5.74) is -0.447. The van der Waals surface area contributed by atoms with Gasteiger partial charge in [0, 0.05) is 0 Å². The Kier molecular flexibility index (Phi) is 4.79. The van der Waals surface area contributed by atoms with Crippen molar-refractivity contribution in [1.82, 2.24) is 0 Å². The topological polar surface area (TPSA) is 50.1 Å². The van der Waals surface area contributed by atoms with E-state index >= 15 is 0 Å². The van der Waals surface area contributed by atoms with Crippen molar-refractivity contribution in [2.45, 2.75) is 52.4 Å². The highest BCUT2D eigenvalue weighted by atomic mass is 16.5. The fraction of sp³-hybridized carbons (Fsp3) is 0.846. The normalized spacial score (nSPS) is 29.4. The van der Waals surface area contributed by atoms with E-state index in [1.807, 2.05) is 0 Å². The van der Waals surface area contributed by atoms with Gasteiger partial charge in [0.05, 0.1) is 24.5 Å². The van der Waals surface area contributed by atoms with Crippen LogP contribution in [0.4, 0.5) is 0 Å². The summed E-state index contributed by atoms with van der Waals surface area (Å²) in [6.07, 6.45) is 5.29. The summed E-state index contributed by atoms with van der Waals surface area (Å²) in [6, 6.07) is 2.35. The fourth-order valence-electron chi connectivity index (χ4n) is 2.45. The van der Waals surface area contributed by atoms with E-state index in [0.717, 1.165) is 31.6 Å². The molecular formula is C13H21NO2. The van der Waals surface area contributed by atoms with Gasteiger partial charge in [-0.25, -0.2) is 0 Å². The van der Waals surface area contributed by atoms with Gasteiger partial charge in [-0.1, -0.05) is 13.3 Å². The molecule has 3 heteroatoms. The van der Waals surface area contributed by atoms with E-state index in [4.69, 9.17) is 4.74 Å². The number of ether oxygens (including phenoxy) is 1. The monoisotopic (exact) mass is 223 g/mol. The molecular weight excluding hydrogens is 202 g/mol. The first-order chi connectivity index (χ1) is 7.65. The molecule has 0 aliphatic heterocycles. The van der Waals surface area contributed by atoms with Gasteiger partial charge in [0.15, 0.2) is 0 Å². The molecule has 0 spiro atoms. The Morgan fingerprint density at radius 1 is 1.44 bits per heavy atom. The first kappa shape index (κ1) is 13.0. The molecule has 0 atom stereocenters. The number of carbonyl (C=O) groups is 1. The van der Waals surface area contributed by atoms with Gasteiger partial charge in [0.25, 0.3) is 0 Å². The van der Waals surface area contributed by atoms with Crippen molar-refractivity contribution in [3.63, 3.8) is 0 Å². The van der Waals surface area contributed by atoms with Crippen LogP contribution in [0.1, 0.15) is 52.4 Å². The van der Waals surface area contributed by atoms with Crippen LogP contribution < -0.4 is 0 Å². The maximum absolute atomic E-state index is 11.5. The van der Waals surface area contributed by atoms with Crippen LogP contribution in [0.5, 0.6) is 0 Å². The van der Waals surface area contributed by atoms with Crippen LogP contribution in [0.2, 0.25) is 0 Å². The molecule has 0 N–H and O–H groups in total. The average molecular weight is 223 g/mol. The maximum Gasteiger partial charge on any atom is 0.307 e. The zero-order valence-electron chi connectivity index (χ0n) is 10.3. The standard InChI is InChI=1S/C13H21NO2/c1-3-11-5-7-13(10-14,8-6-11)9-12(15)16-4-2/h11H,3-9H2,1-2H3. The summed E-state index contributed by atoms with van der Waals surface area (Å²) in [5, 5.41) is 9.26. The Morgan fingerprint density at radius 2 is 2.06 bits per heavy atom. The van der Waals surface area contributed by atoms with E-state index in [0.29, 0.717) is 6.61 Å². The Hall–Kier alpha value is -1.04. The van der Waals surface area contributed by atoms with Crippen LogP contribution in [-0.4, -0.2) is 12.6 Å². The average Bonchev–Trinajstić information content (AvgIpc) is 2.30. The van der Waals surface area contributed by atoms with Crippen molar-refractivity contribution in [2.24, 2.45) is 11.3 Å². The molecule has 0 saturated heterocycles. The Labute approximate surface area is 97.8 Å². The summed E-state index contributed by atoms with van der Waals surface area (Å²) < 4.78 is 4.93. The molecule has 1 aliphatic rings. The molecule has 3 nitrogen and oxygen atoms in total. The summed E-state index contributed by atoms with van der Waals surface area (Å²) >= 11 is 0. The number of hydrogen-bond acceptors (Lipinski definition) is 3. The SMILES string of the molecule is CCOC(=O)CC1(C#N)CCC(CC)CC1. The molecule has 1 rings (SSSR count). The molecule has 0 aromatic heterocycles. The van der Waals surface area contributed by atoms with E-state index in [1.165, 1.54) is 6.42 Å². The number of carbonyl (C=O) groups excluding carboxylic acids is 1. The van der Waals surface area contributed by atoms with Crippen LogP contribution in [0.15, 0.2) is 0 Å². The highest BCUT2D eigenvalue weighted by Crippen LogP contribution is 2.42. The molecule has 1 aliphatic carbocycles. The predicted octanol–water partition coefficient (Wildman–Crippen LogP) is 3.05. The molecule has 1 fully saturated rings. The molecule has 0 aromatic carbocycles. The zero-order chi connectivity index (χ0) is 12.0. The lowest BCUT2D eigenvalue weighted by Gasteiger charge is -2.33. The summed E-state index contributed by atoms with van der Waals surface area (Å²) in [5.74, 6) is 0.516. The van der Waals surface area contributed by atoms with Crippen LogP contribution in [0, 0.1) is 22.7 Å². The van der Waals surface area contributed by atoms with Gasteiger partial charge in [0.1, 0.15) is 0 Å². The number of nitrogens with zero attached hydrogens (tertiary/aromatic N) is 1. The summed E-state index contributed by atoms with van der Waals surface area (Å²) in [6.45, 7) is 4.39. The molecule has 0 amide bonds. The second-order valence-corrected chi connectivity index (χ2v) is 4.73. The van der Waals surface area contributed by atoms with Gasteiger partial charge >= 0.3 is 5.97 Å². The molecule has 0 unspecified atom stereocenters. The summed E-state index contributed by atoms with van der Waals surface area (Å²) in [7, 11) is 0. The Morgan fingerprint density at radius 3 is 2.50 bits per heavy atom. The third kappa shape index (κ3) is 3.23. The second kappa shape index (κ2) is 5.89. The van der Waals surface area contributed by atoms with Crippen LogP contribution in [-0.2, 0) is 9.53 Å². The molecule has 0 bridgehead atoms. The van der Waals surface area contributed by atoms with E-state index < -0.39 is 5.41 Å². The number of hydrogen-bond donors (Lipinski definition) is 0. The third-order valence-corrected chi connectivity index (χ3v) is 3.66. The van der Waals surface area contributed by atoms with Crippen molar-refractivity contribution >= 4 is 5.97 Å². The first-order valence-electron chi connectivity index (χ1n) is 6.22. The number of rotatable bonds is 4. The third-order valence-electron chi connectivity index (χ3n) is 3.66. The molecule has 0 radical (unpaired) electrons. The number of esters is 1. The number of nitriles is 1. The van der Waals surface area contributed by atoms with Crippen LogP contribution in [0.3, 0.4) is 0 Å². The second-order valence-electron chi connectivity index (χ2n) is 4.73. The van der Waals surface area contributed by atoms with Crippen molar-refractivity contribution in [3.8, 4) is 6.07 Å². The molecule has 0 aromatic rings. The quantitative estimate of drug-likeness (QED) is 0.688. The van der Waals surface area contributed by atoms with Crippen LogP contribution >= 0.6 is 0 Å². The van der Waals surface area contributed by atoms with Crippen LogP contribution in [0.25, 0.3) is 0 Å². The van der Waals surface area contributed by atoms with Gasteiger partial charge < -0.3 is 4.74 Å². The van der Waals surface area contributed by atoms with Crippen molar-refractivity contribution in [1.29, 1.82) is 5.26 Å². The predicted molar refractivity (Wildman–Crippen MR) is 61.5 cm³/mol. The minimum absolute atomic E-state index is 0.223. The molecule has 0 heterocycles. The van der Waals surface area contributed by atoms with E-state index in [2.05, 4.69) is 13.0 Å². The van der Waals surface area contributed by atoms with Crippen molar-refractivity contribution < 1.29 is 9.53 Å². The Bertz CT molecular complexity index is 272. The smallest absolute Gasteiger partial charge is 0.307 e. The van der Waals surface area contributed by atoms with E-state index in [-0.39, 0.29) is 12.4 Å². The summed E-state index contributed by atoms with van der Waals surface area (Å²) in [4.78, 5) is 11.5. The van der Waals surface area contributed by atoms with Gasteiger partial charge in [-0.15, -0.1) is 0 Å². The highest BCUT2D eigenvalue weighted by Gasteiger charge is 2.37. The lowest BCUT2D eigenvalue weighted by molar-refractivity contribution is -0.145. The van der Waals surface area contributed by atoms with Crippen molar-refractivity contribution in [3.05, 3.63) is 0 Å². The lowest BCUT2D eigenvalue weighted by atomic mass is 9.69. The molecule has 90 valence electrons. The lowest BCUT2D eigenvalue weighted by Crippen LogP contribution is -2.29. The van der Waals surface area contributed by atoms with Gasteiger partial charge in [-0.3, -0.25) is 4.79 Å². The first-order valence-corrected chi connectivity index (χ1v) is 6.22. The highest BCUT2D eigenvalue weighted by molar-refractivity contribution is 5.70. The van der Waals surface area contributed by atoms with E-state index in [9.17, 15) is 10.1 Å². The molecule has 16 heavy (non-hydrogen) atoms. The molecule has 1 saturated carbocycles. The Balaban J connectivity index is 2.53. The van der Waals surface area contributed by atoms with Gasteiger partial charge in [-0.2, -0.15) is 5.26 Å². The van der Waals surface area contributed by atoms with Gasteiger partial charge in [0.2, 0.25) is 0 Å². The minimum atomic E-state index is -0.447. The van der Waals surface area contributed by atoms with Crippen molar-refractivity contribution in [2.75, 3.05) is 6.61 Å². The van der Waals surface area contributed by atoms with Gasteiger partial charge in [-0.05, 0) is 38.5 Å².